The molecule has 0 aromatic carbocycles. The van der Waals surface area contributed by atoms with Gasteiger partial charge >= 0.3 is 12.1 Å². The summed E-state index contributed by atoms with van der Waals surface area (Å²) in [5, 5.41) is -1.11. The van der Waals surface area contributed by atoms with E-state index in [1.165, 1.54) is 20.8 Å². The summed E-state index contributed by atoms with van der Waals surface area (Å²) in [5.41, 5.74) is 0. The maximum Gasteiger partial charge on any atom is 0.511 e. The van der Waals surface area contributed by atoms with Gasteiger partial charge in [-0.15, -0.1) is 0 Å². The van der Waals surface area contributed by atoms with Crippen molar-refractivity contribution < 1.29 is 37.0 Å². The number of hydrogen-bond donors (Lipinski definition) is 0. The average molecular weight is 428 g/mol. The van der Waals surface area contributed by atoms with Crippen molar-refractivity contribution in [2.45, 2.75) is 55.0 Å². The molecular weight excluding hydrogens is 410 g/mol. The third-order valence-corrected chi connectivity index (χ3v) is 8.10. The van der Waals surface area contributed by atoms with Crippen LogP contribution in [0.2, 0.25) is 0 Å². The molecule has 2 rings (SSSR count). The highest BCUT2D eigenvalue weighted by Crippen LogP contribution is 2.48. The summed E-state index contributed by atoms with van der Waals surface area (Å²) >= 11 is 3.03. The number of rotatable bonds is 4. The number of amides is 1. The molecule has 2 heterocycles. The Morgan fingerprint density at radius 3 is 2.46 bits per heavy atom. The van der Waals surface area contributed by atoms with Crippen LogP contribution in [0.25, 0.3) is 0 Å². The van der Waals surface area contributed by atoms with Crippen molar-refractivity contribution >= 4 is 43.8 Å². The molecule has 9 nitrogen and oxygen atoms in total. The second-order valence-electron chi connectivity index (χ2n) is 5.89. The van der Waals surface area contributed by atoms with Gasteiger partial charge in [-0.25, -0.2) is 18.0 Å². The van der Waals surface area contributed by atoms with E-state index in [2.05, 4.69) is 20.7 Å². The van der Waals surface area contributed by atoms with Gasteiger partial charge in [0.2, 0.25) is 12.2 Å². The molecule has 136 valence electrons. The van der Waals surface area contributed by atoms with Gasteiger partial charge in [-0.1, -0.05) is 15.9 Å². The van der Waals surface area contributed by atoms with E-state index >= 15 is 0 Å². The van der Waals surface area contributed by atoms with Crippen molar-refractivity contribution in [2.75, 3.05) is 6.61 Å². The zero-order valence-electron chi connectivity index (χ0n) is 13.5. The maximum atomic E-state index is 12.6. The van der Waals surface area contributed by atoms with E-state index in [1.807, 2.05) is 0 Å². The molecule has 2 aliphatic rings. The minimum atomic E-state index is -3.78. The fourth-order valence-corrected chi connectivity index (χ4v) is 6.21. The number of carbonyl (C=O) groups excluding carboxylic acids is 3. The van der Waals surface area contributed by atoms with Crippen LogP contribution in [0.1, 0.15) is 27.7 Å². The van der Waals surface area contributed by atoms with E-state index in [-0.39, 0.29) is 6.61 Å². The van der Waals surface area contributed by atoms with Gasteiger partial charge in [0.1, 0.15) is 15.6 Å². The number of carbonyl (C=O) groups is 3. The molecule has 4 atom stereocenters. The SMILES string of the molecule is CCOC(=O)O[C@@H](C)OC(=O)[C@@H]1N2C(=O)[C@H](Br)[C@H]2S(=O)(=O)C1(C)C. The summed E-state index contributed by atoms with van der Waals surface area (Å²) in [5.74, 6) is -1.47. The van der Waals surface area contributed by atoms with Gasteiger partial charge in [-0.2, -0.15) is 0 Å². The summed E-state index contributed by atoms with van der Waals surface area (Å²) in [6.45, 7) is 5.67. The van der Waals surface area contributed by atoms with Gasteiger partial charge in [0.05, 0.1) is 6.61 Å². The number of halogens is 1. The Labute approximate surface area is 147 Å². The number of fused-ring (bicyclic) bond motifs is 1. The van der Waals surface area contributed by atoms with Crippen LogP contribution in [-0.4, -0.2) is 65.2 Å². The topological polar surface area (TPSA) is 116 Å². The Morgan fingerprint density at radius 2 is 1.92 bits per heavy atom. The van der Waals surface area contributed by atoms with Crippen LogP contribution >= 0.6 is 15.9 Å². The first kappa shape index (κ1) is 19.0. The average Bonchev–Trinajstić information content (AvgIpc) is 2.59. The summed E-state index contributed by atoms with van der Waals surface area (Å²) in [7, 11) is -3.78. The predicted octanol–water partition coefficient (Wildman–Crippen LogP) is 0.556. The number of ether oxygens (including phenoxy) is 3. The lowest BCUT2D eigenvalue weighted by Crippen LogP contribution is -2.64. The highest BCUT2D eigenvalue weighted by Gasteiger charge is 2.72. The normalized spacial score (nSPS) is 30.8. The van der Waals surface area contributed by atoms with Gasteiger partial charge in [0, 0.05) is 6.92 Å². The Balaban J connectivity index is 2.17. The third kappa shape index (κ3) is 2.67. The molecule has 0 saturated carbocycles. The van der Waals surface area contributed by atoms with Crippen molar-refractivity contribution in [1.29, 1.82) is 0 Å². The molecule has 1 amide bonds. The monoisotopic (exact) mass is 427 g/mol. The van der Waals surface area contributed by atoms with Crippen LogP contribution < -0.4 is 0 Å². The molecule has 0 aromatic rings. The van der Waals surface area contributed by atoms with Crippen molar-refractivity contribution in [2.24, 2.45) is 0 Å². The number of β-lactam (4-membered cyclic amide) rings is 1. The van der Waals surface area contributed by atoms with Crippen LogP contribution in [0.3, 0.4) is 0 Å². The van der Waals surface area contributed by atoms with E-state index in [0.29, 0.717) is 0 Å². The van der Waals surface area contributed by atoms with Crippen LogP contribution in [0, 0.1) is 0 Å². The van der Waals surface area contributed by atoms with Gasteiger partial charge in [0.15, 0.2) is 15.2 Å². The first-order valence-electron chi connectivity index (χ1n) is 7.20. The number of sulfone groups is 1. The lowest BCUT2D eigenvalue weighted by Gasteiger charge is -2.40. The molecule has 0 spiro atoms. The van der Waals surface area contributed by atoms with E-state index in [9.17, 15) is 22.8 Å². The van der Waals surface area contributed by atoms with Crippen LogP contribution in [0.5, 0.6) is 0 Å². The van der Waals surface area contributed by atoms with Crippen molar-refractivity contribution in [1.82, 2.24) is 4.90 Å². The number of alkyl halides is 1. The van der Waals surface area contributed by atoms with E-state index < -0.39 is 55.1 Å². The number of nitrogens with zero attached hydrogens (tertiary/aromatic N) is 1. The van der Waals surface area contributed by atoms with Crippen LogP contribution in [0.15, 0.2) is 0 Å². The molecular formula is C13H18BrNO8S. The first-order valence-corrected chi connectivity index (χ1v) is 9.66. The largest absolute Gasteiger partial charge is 0.511 e. The van der Waals surface area contributed by atoms with Crippen molar-refractivity contribution in [3.05, 3.63) is 0 Å². The lowest BCUT2D eigenvalue weighted by molar-refractivity contribution is -0.179. The fraction of sp³-hybridized carbons (Fsp3) is 0.769. The molecule has 24 heavy (non-hydrogen) atoms. The molecule has 0 aliphatic carbocycles. The second-order valence-corrected chi connectivity index (χ2v) is 9.51. The third-order valence-electron chi connectivity index (χ3n) is 4.03. The van der Waals surface area contributed by atoms with Crippen LogP contribution in [0.4, 0.5) is 4.79 Å². The highest BCUT2D eigenvalue weighted by molar-refractivity contribution is 9.10. The smallest absolute Gasteiger partial charge is 0.435 e. The van der Waals surface area contributed by atoms with Gasteiger partial charge in [0.25, 0.3) is 0 Å². The number of esters is 1. The van der Waals surface area contributed by atoms with Crippen LogP contribution in [-0.2, 0) is 33.6 Å². The van der Waals surface area contributed by atoms with Gasteiger partial charge in [-0.3, -0.25) is 4.79 Å². The molecule has 0 unspecified atom stereocenters. The minimum absolute atomic E-state index is 0.0873. The Kier molecular flexibility index (Phi) is 4.88. The number of hydrogen-bond acceptors (Lipinski definition) is 8. The highest BCUT2D eigenvalue weighted by atomic mass is 79.9. The van der Waals surface area contributed by atoms with E-state index in [4.69, 9.17) is 9.47 Å². The Bertz CT molecular complexity index is 675. The molecule has 0 N–H and O–H groups in total. The molecule has 0 aromatic heterocycles. The minimum Gasteiger partial charge on any atom is -0.435 e. The molecule has 0 bridgehead atoms. The summed E-state index contributed by atoms with van der Waals surface area (Å²) in [6, 6.07) is -1.32. The van der Waals surface area contributed by atoms with E-state index in [0.717, 1.165) is 4.90 Å². The molecule has 11 heteroatoms. The van der Waals surface area contributed by atoms with Gasteiger partial charge in [-0.05, 0) is 20.8 Å². The molecule has 2 aliphatic heterocycles. The lowest BCUT2D eigenvalue weighted by atomic mass is 9.98. The fourth-order valence-electron chi connectivity index (χ4n) is 2.77. The summed E-state index contributed by atoms with van der Waals surface area (Å²) in [4.78, 5) is 35.7. The first-order chi connectivity index (χ1) is 11.0. The Morgan fingerprint density at radius 1 is 1.33 bits per heavy atom. The Hall–Kier alpha value is -1.36. The standard InChI is InChI=1S/C13H18BrNO8S/c1-5-21-12(18)23-6(2)22-11(17)8-13(3,4)24(19,20)10-7(14)9(16)15(8)10/h6-8,10H,5H2,1-4H3/t6-,7-,8-,10+/m0/s1. The molecule has 2 fully saturated rings. The summed E-state index contributed by atoms with van der Waals surface area (Å²) < 4.78 is 37.8. The predicted molar refractivity (Wildman–Crippen MR) is 83.8 cm³/mol. The second kappa shape index (κ2) is 6.17. The molecule has 0 radical (unpaired) electrons. The zero-order chi connectivity index (χ0) is 18.4. The van der Waals surface area contributed by atoms with E-state index in [1.54, 1.807) is 6.92 Å². The maximum absolute atomic E-state index is 12.6. The van der Waals surface area contributed by atoms with Crippen molar-refractivity contribution in [3.63, 3.8) is 0 Å². The molecule has 2 saturated heterocycles. The summed E-state index contributed by atoms with van der Waals surface area (Å²) in [6.07, 6.45) is -2.31. The quantitative estimate of drug-likeness (QED) is 0.276. The van der Waals surface area contributed by atoms with Gasteiger partial charge < -0.3 is 19.1 Å². The zero-order valence-corrected chi connectivity index (χ0v) is 15.9. The van der Waals surface area contributed by atoms with Crippen molar-refractivity contribution in [3.8, 4) is 0 Å².